The molecule has 1 saturated carbocycles. The highest BCUT2D eigenvalue weighted by atomic mass is 16.5. The molecule has 0 bridgehead atoms. The summed E-state index contributed by atoms with van der Waals surface area (Å²) in [7, 11) is 0. The molecule has 1 aromatic heterocycles. The molecule has 1 aliphatic carbocycles. The Balaban J connectivity index is 1.30. The number of anilines is 1. The van der Waals surface area contributed by atoms with Gasteiger partial charge in [0.2, 0.25) is 0 Å². The predicted molar refractivity (Wildman–Crippen MR) is 122 cm³/mol. The summed E-state index contributed by atoms with van der Waals surface area (Å²) in [5.74, 6) is 2.30. The number of aryl methyl sites for hydroxylation is 1. The van der Waals surface area contributed by atoms with Crippen LogP contribution in [0.5, 0.6) is 5.75 Å². The van der Waals surface area contributed by atoms with E-state index in [1.165, 1.54) is 23.1 Å². The Hall–Kier alpha value is -3.41. The number of nitrogens with one attached hydrogen (secondary N) is 1. The molecule has 1 aliphatic heterocycles. The van der Waals surface area contributed by atoms with Crippen LogP contribution in [0.25, 0.3) is 0 Å². The maximum absolute atomic E-state index is 12.7. The molecule has 0 spiro atoms. The summed E-state index contributed by atoms with van der Waals surface area (Å²) in [5.41, 5.74) is 4.94. The molecular formula is C25H26N4O2. The third-order valence-corrected chi connectivity index (χ3v) is 5.75. The number of aromatic nitrogens is 2. The number of nitrogens with zero attached hydrogens (tertiary/aromatic N) is 3. The summed E-state index contributed by atoms with van der Waals surface area (Å²) in [6.45, 7) is 3.11. The lowest BCUT2D eigenvalue weighted by molar-refractivity contribution is 0.340. The van der Waals surface area contributed by atoms with Crippen molar-refractivity contribution in [2.75, 3.05) is 11.9 Å². The number of hydrogen-bond donors (Lipinski definition) is 1. The Morgan fingerprint density at radius 3 is 2.55 bits per heavy atom. The van der Waals surface area contributed by atoms with Crippen LogP contribution in [0.1, 0.15) is 54.7 Å². The fourth-order valence-corrected chi connectivity index (χ4v) is 3.93. The van der Waals surface area contributed by atoms with Gasteiger partial charge in [0.25, 0.3) is 5.56 Å². The van der Waals surface area contributed by atoms with Crippen LogP contribution in [-0.4, -0.2) is 22.0 Å². The quantitative estimate of drug-likeness (QED) is 0.625. The maximum Gasteiger partial charge on any atom is 0.274 e. The number of rotatable bonds is 7. The number of fused-ring (bicyclic) bond motifs is 1. The average Bonchev–Trinajstić information content (AvgIpc) is 3.64. The van der Waals surface area contributed by atoms with Gasteiger partial charge in [-0.25, -0.2) is 4.98 Å². The Morgan fingerprint density at radius 2 is 1.84 bits per heavy atom. The van der Waals surface area contributed by atoms with Crippen molar-refractivity contribution in [1.82, 2.24) is 9.66 Å². The molecule has 5 rings (SSSR count). The van der Waals surface area contributed by atoms with E-state index in [-0.39, 0.29) is 5.56 Å². The summed E-state index contributed by atoms with van der Waals surface area (Å²) in [4.78, 5) is 17.4. The molecular weight excluding hydrogens is 388 g/mol. The average molecular weight is 415 g/mol. The van der Waals surface area contributed by atoms with Crippen LogP contribution in [0.2, 0.25) is 0 Å². The van der Waals surface area contributed by atoms with Gasteiger partial charge in [-0.3, -0.25) is 4.79 Å². The summed E-state index contributed by atoms with van der Waals surface area (Å²) in [6, 6.07) is 18.0. The van der Waals surface area contributed by atoms with Crippen LogP contribution >= 0.6 is 0 Å². The van der Waals surface area contributed by atoms with Crippen molar-refractivity contribution in [1.29, 1.82) is 0 Å². The molecule has 0 atom stereocenters. The zero-order valence-corrected chi connectivity index (χ0v) is 17.7. The van der Waals surface area contributed by atoms with E-state index in [0.29, 0.717) is 25.4 Å². The number of benzene rings is 2. The molecule has 1 N–H and O–H groups in total. The van der Waals surface area contributed by atoms with Crippen molar-refractivity contribution in [2.24, 2.45) is 5.10 Å². The fraction of sp³-hybridized carbons (Fsp3) is 0.320. The Morgan fingerprint density at radius 1 is 1.06 bits per heavy atom. The van der Waals surface area contributed by atoms with Gasteiger partial charge in [0.05, 0.1) is 24.6 Å². The monoisotopic (exact) mass is 414 g/mol. The third-order valence-electron chi connectivity index (χ3n) is 5.75. The molecule has 1 fully saturated rings. The molecule has 0 radical (unpaired) electrons. The molecule has 3 aromatic rings. The molecule has 0 saturated heterocycles. The molecule has 2 aliphatic rings. The van der Waals surface area contributed by atoms with Crippen LogP contribution in [0.15, 0.2) is 64.5 Å². The Kier molecular flexibility index (Phi) is 5.28. The lowest BCUT2D eigenvalue weighted by atomic mass is 10.0. The second kappa shape index (κ2) is 8.38. The van der Waals surface area contributed by atoms with Crippen LogP contribution in [-0.2, 0) is 13.0 Å². The lowest BCUT2D eigenvalue weighted by Crippen LogP contribution is -2.28. The standard InChI is InChI=1S/C25H26N4O2/c1-2-31-22-11-7-19(8-12-22)23-13-14-24-27-21(15-25(30)29(24)28-23)16-26-20-9-5-18(6-10-20)17-3-4-17/h5-12,15,17,26H,2-4,13-14,16H2,1H3. The predicted octanol–water partition coefficient (Wildman–Crippen LogP) is 4.33. The molecule has 31 heavy (non-hydrogen) atoms. The van der Waals surface area contributed by atoms with Crippen molar-refractivity contribution in [3.63, 3.8) is 0 Å². The lowest BCUT2D eigenvalue weighted by Gasteiger charge is -2.17. The summed E-state index contributed by atoms with van der Waals surface area (Å²) in [5, 5.41) is 7.95. The van der Waals surface area contributed by atoms with Crippen molar-refractivity contribution in [3.8, 4) is 5.75 Å². The highest BCUT2D eigenvalue weighted by Crippen LogP contribution is 2.40. The van der Waals surface area contributed by atoms with Gasteiger partial charge >= 0.3 is 0 Å². The maximum atomic E-state index is 12.7. The zero-order valence-electron chi connectivity index (χ0n) is 17.7. The van der Waals surface area contributed by atoms with E-state index < -0.39 is 0 Å². The van der Waals surface area contributed by atoms with E-state index in [1.807, 2.05) is 31.2 Å². The summed E-state index contributed by atoms with van der Waals surface area (Å²) < 4.78 is 6.93. The minimum absolute atomic E-state index is 0.144. The first kappa shape index (κ1) is 19.5. The Bertz CT molecular complexity index is 1160. The largest absolute Gasteiger partial charge is 0.494 e. The topological polar surface area (TPSA) is 68.5 Å². The molecule has 158 valence electrons. The second-order valence-electron chi connectivity index (χ2n) is 8.07. The first-order chi connectivity index (χ1) is 15.2. The SMILES string of the molecule is CCOc1ccc(C2=Nn3c(nc(CNc4ccc(C5CC5)cc4)cc3=O)CC2)cc1. The van der Waals surface area contributed by atoms with Crippen LogP contribution in [0, 0.1) is 0 Å². The Labute approximate surface area is 181 Å². The number of ether oxygens (including phenoxy) is 1. The van der Waals surface area contributed by atoms with E-state index in [0.717, 1.165) is 40.7 Å². The van der Waals surface area contributed by atoms with E-state index >= 15 is 0 Å². The van der Waals surface area contributed by atoms with Gasteiger partial charge in [-0.1, -0.05) is 12.1 Å². The van der Waals surface area contributed by atoms with E-state index in [4.69, 9.17) is 4.74 Å². The van der Waals surface area contributed by atoms with E-state index in [2.05, 4.69) is 39.7 Å². The molecule has 6 heteroatoms. The van der Waals surface area contributed by atoms with Crippen molar-refractivity contribution in [3.05, 3.63) is 87.6 Å². The van der Waals surface area contributed by atoms with Crippen molar-refractivity contribution < 1.29 is 4.74 Å². The molecule has 2 aromatic carbocycles. The normalized spacial score (nSPS) is 15.2. The first-order valence-corrected chi connectivity index (χ1v) is 11.0. The highest BCUT2D eigenvalue weighted by Gasteiger charge is 2.23. The van der Waals surface area contributed by atoms with Gasteiger partial charge in [0.1, 0.15) is 11.6 Å². The van der Waals surface area contributed by atoms with Gasteiger partial charge in [0.15, 0.2) is 0 Å². The summed E-state index contributed by atoms with van der Waals surface area (Å²) >= 11 is 0. The van der Waals surface area contributed by atoms with Crippen LogP contribution in [0.4, 0.5) is 5.69 Å². The van der Waals surface area contributed by atoms with Crippen LogP contribution in [0.3, 0.4) is 0 Å². The van der Waals surface area contributed by atoms with Gasteiger partial charge in [-0.2, -0.15) is 9.78 Å². The third kappa shape index (κ3) is 4.38. The summed E-state index contributed by atoms with van der Waals surface area (Å²) in [6.07, 6.45) is 4.04. The van der Waals surface area contributed by atoms with Crippen LogP contribution < -0.4 is 15.6 Å². The first-order valence-electron chi connectivity index (χ1n) is 11.0. The second-order valence-corrected chi connectivity index (χ2v) is 8.07. The zero-order chi connectivity index (χ0) is 21.2. The van der Waals surface area contributed by atoms with Gasteiger partial charge in [-0.15, -0.1) is 0 Å². The van der Waals surface area contributed by atoms with Gasteiger partial charge in [0, 0.05) is 18.2 Å². The van der Waals surface area contributed by atoms with E-state index in [1.54, 1.807) is 6.07 Å². The van der Waals surface area contributed by atoms with Gasteiger partial charge < -0.3 is 10.1 Å². The molecule has 2 heterocycles. The minimum Gasteiger partial charge on any atom is -0.494 e. The molecule has 6 nitrogen and oxygen atoms in total. The number of hydrogen-bond acceptors (Lipinski definition) is 5. The molecule has 0 unspecified atom stereocenters. The molecule has 0 amide bonds. The van der Waals surface area contributed by atoms with Crippen molar-refractivity contribution in [2.45, 2.75) is 45.1 Å². The van der Waals surface area contributed by atoms with Gasteiger partial charge in [-0.05, 0) is 79.6 Å². The fourth-order valence-electron chi connectivity index (χ4n) is 3.93. The van der Waals surface area contributed by atoms with E-state index in [9.17, 15) is 4.79 Å². The smallest absolute Gasteiger partial charge is 0.274 e. The minimum atomic E-state index is -0.144. The highest BCUT2D eigenvalue weighted by molar-refractivity contribution is 6.01. The van der Waals surface area contributed by atoms with Crippen molar-refractivity contribution >= 4 is 11.4 Å².